The Bertz CT molecular complexity index is 891. The van der Waals surface area contributed by atoms with Crippen LogP contribution in [0.4, 0.5) is 4.39 Å². The molecule has 0 aliphatic carbocycles. The van der Waals surface area contributed by atoms with Crippen LogP contribution in [-0.2, 0) is 11.3 Å². The maximum absolute atomic E-state index is 13.6. The Labute approximate surface area is 134 Å². The number of halogens is 2. The SMILES string of the molecule is O=C1Cn2c(cnc2-c2cn[nH]n2)C(c2cc(F)ccc2Cl)N1. The van der Waals surface area contributed by atoms with Crippen LogP contribution in [0.3, 0.4) is 0 Å². The van der Waals surface area contributed by atoms with Crippen molar-refractivity contribution in [2.24, 2.45) is 0 Å². The van der Waals surface area contributed by atoms with E-state index in [9.17, 15) is 9.18 Å². The first-order valence-electron chi connectivity index (χ1n) is 6.79. The highest BCUT2D eigenvalue weighted by molar-refractivity contribution is 6.31. The molecular formula is C14H10ClFN6O. The molecule has 2 N–H and O–H groups in total. The van der Waals surface area contributed by atoms with Crippen LogP contribution in [0.25, 0.3) is 11.5 Å². The lowest BCUT2D eigenvalue weighted by atomic mass is 10.0. The van der Waals surface area contributed by atoms with Crippen molar-refractivity contribution in [3.05, 3.63) is 52.7 Å². The van der Waals surface area contributed by atoms with Crippen LogP contribution in [0.2, 0.25) is 5.02 Å². The van der Waals surface area contributed by atoms with Crippen LogP contribution in [-0.4, -0.2) is 30.9 Å². The van der Waals surface area contributed by atoms with Crippen molar-refractivity contribution in [2.75, 3.05) is 0 Å². The number of aromatic amines is 1. The highest BCUT2D eigenvalue weighted by atomic mass is 35.5. The van der Waals surface area contributed by atoms with E-state index in [2.05, 4.69) is 25.7 Å². The molecule has 116 valence electrons. The predicted molar refractivity (Wildman–Crippen MR) is 79.0 cm³/mol. The Balaban J connectivity index is 1.86. The zero-order valence-corrected chi connectivity index (χ0v) is 12.4. The minimum Gasteiger partial charge on any atom is -0.342 e. The molecule has 0 spiro atoms. The van der Waals surface area contributed by atoms with Gasteiger partial charge in [-0.25, -0.2) is 9.37 Å². The average Bonchev–Trinajstić information content (AvgIpc) is 3.17. The third-order valence-corrected chi connectivity index (χ3v) is 4.05. The highest BCUT2D eigenvalue weighted by Crippen LogP contribution is 2.33. The minimum absolute atomic E-state index is 0.0982. The van der Waals surface area contributed by atoms with Crippen molar-refractivity contribution in [1.29, 1.82) is 0 Å². The van der Waals surface area contributed by atoms with E-state index in [1.165, 1.54) is 24.4 Å². The van der Waals surface area contributed by atoms with E-state index in [0.29, 0.717) is 27.8 Å². The van der Waals surface area contributed by atoms with E-state index in [1.807, 2.05) is 0 Å². The fourth-order valence-electron chi connectivity index (χ4n) is 2.70. The molecule has 3 aromatic rings. The predicted octanol–water partition coefficient (Wildman–Crippen LogP) is 1.68. The smallest absolute Gasteiger partial charge is 0.240 e. The zero-order chi connectivity index (χ0) is 16.0. The molecule has 1 aliphatic rings. The standard InChI is InChI=1S/C14H10ClFN6O/c15-9-2-1-7(16)3-8(9)13-11-5-17-14(10-4-18-21-20-10)22(11)6-12(23)19-13/h1-5,13H,6H2,(H,19,23)(H,18,20,21). The normalized spacial score (nSPS) is 17.0. The number of carbonyl (C=O) groups is 1. The molecule has 1 unspecified atom stereocenters. The Morgan fingerprint density at radius 1 is 1.35 bits per heavy atom. The maximum Gasteiger partial charge on any atom is 0.240 e. The number of hydrogen-bond donors (Lipinski definition) is 2. The molecule has 7 nitrogen and oxygen atoms in total. The van der Waals surface area contributed by atoms with Gasteiger partial charge in [-0.15, -0.1) is 0 Å². The summed E-state index contributed by atoms with van der Waals surface area (Å²) in [7, 11) is 0. The summed E-state index contributed by atoms with van der Waals surface area (Å²) in [6.07, 6.45) is 3.14. The first-order chi connectivity index (χ1) is 11.1. The van der Waals surface area contributed by atoms with Crippen LogP contribution >= 0.6 is 11.6 Å². The molecule has 0 saturated heterocycles. The molecule has 0 radical (unpaired) electrons. The van der Waals surface area contributed by atoms with Crippen LogP contribution in [0, 0.1) is 5.82 Å². The van der Waals surface area contributed by atoms with Crippen LogP contribution < -0.4 is 5.32 Å². The summed E-state index contributed by atoms with van der Waals surface area (Å²) in [4.78, 5) is 16.4. The number of nitrogens with one attached hydrogen (secondary N) is 2. The van der Waals surface area contributed by atoms with Crippen molar-refractivity contribution < 1.29 is 9.18 Å². The second-order valence-electron chi connectivity index (χ2n) is 5.11. The van der Waals surface area contributed by atoms with Gasteiger partial charge in [-0.05, 0) is 18.2 Å². The van der Waals surface area contributed by atoms with Crippen molar-refractivity contribution in [3.63, 3.8) is 0 Å². The van der Waals surface area contributed by atoms with Crippen LogP contribution in [0.15, 0.2) is 30.6 Å². The molecular weight excluding hydrogens is 323 g/mol. The average molecular weight is 333 g/mol. The van der Waals surface area contributed by atoms with E-state index >= 15 is 0 Å². The largest absolute Gasteiger partial charge is 0.342 e. The number of aromatic nitrogens is 5. The number of H-pyrrole nitrogens is 1. The van der Waals surface area contributed by atoms with Gasteiger partial charge in [0.2, 0.25) is 5.91 Å². The number of benzene rings is 1. The Morgan fingerprint density at radius 2 is 2.22 bits per heavy atom. The summed E-state index contributed by atoms with van der Waals surface area (Å²) in [5.74, 6) is -0.126. The molecule has 9 heteroatoms. The first kappa shape index (κ1) is 13.9. The van der Waals surface area contributed by atoms with Gasteiger partial charge in [-0.3, -0.25) is 4.79 Å². The van der Waals surface area contributed by atoms with Gasteiger partial charge in [0.05, 0.1) is 24.1 Å². The summed E-state index contributed by atoms with van der Waals surface area (Å²) in [5.41, 5.74) is 1.71. The molecule has 1 atom stereocenters. The lowest BCUT2D eigenvalue weighted by Crippen LogP contribution is -2.39. The molecule has 23 heavy (non-hydrogen) atoms. The summed E-state index contributed by atoms with van der Waals surface area (Å²) in [6.45, 7) is 0.0982. The van der Waals surface area contributed by atoms with E-state index in [0.717, 1.165) is 0 Å². The van der Waals surface area contributed by atoms with Crippen molar-refractivity contribution >= 4 is 17.5 Å². The van der Waals surface area contributed by atoms with Gasteiger partial charge >= 0.3 is 0 Å². The number of carbonyl (C=O) groups excluding carboxylic acids is 1. The Kier molecular flexibility index (Phi) is 3.12. The van der Waals surface area contributed by atoms with E-state index in [4.69, 9.17) is 11.6 Å². The summed E-state index contributed by atoms with van der Waals surface area (Å²) in [6, 6.07) is 3.47. The third-order valence-electron chi connectivity index (χ3n) is 3.70. The second-order valence-corrected chi connectivity index (χ2v) is 5.52. The number of rotatable bonds is 2. The summed E-state index contributed by atoms with van der Waals surface area (Å²) < 4.78 is 15.3. The molecule has 2 aromatic heterocycles. The molecule has 0 saturated carbocycles. The molecule has 1 amide bonds. The van der Waals surface area contributed by atoms with E-state index in [1.54, 1.807) is 10.8 Å². The topological polar surface area (TPSA) is 88.5 Å². The second kappa shape index (κ2) is 5.17. The Morgan fingerprint density at radius 3 is 3.00 bits per heavy atom. The van der Waals surface area contributed by atoms with Gasteiger partial charge < -0.3 is 9.88 Å². The van der Waals surface area contributed by atoms with Crippen molar-refractivity contribution in [2.45, 2.75) is 12.6 Å². The molecule has 3 heterocycles. The van der Waals surface area contributed by atoms with Gasteiger partial charge in [0.1, 0.15) is 18.1 Å². The lowest BCUT2D eigenvalue weighted by molar-refractivity contribution is -0.123. The quantitative estimate of drug-likeness (QED) is 0.747. The fourth-order valence-corrected chi connectivity index (χ4v) is 2.92. The number of fused-ring (bicyclic) bond motifs is 1. The van der Waals surface area contributed by atoms with Crippen molar-refractivity contribution in [3.8, 4) is 11.5 Å². The minimum atomic E-state index is -0.576. The zero-order valence-electron chi connectivity index (χ0n) is 11.6. The van der Waals surface area contributed by atoms with Gasteiger partial charge in [0, 0.05) is 10.6 Å². The number of hydrogen-bond acceptors (Lipinski definition) is 4. The Hall–Kier alpha value is -2.74. The van der Waals surface area contributed by atoms with Gasteiger partial charge in [0.25, 0.3) is 0 Å². The molecule has 4 rings (SSSR count). The monoisotopic (exact) mass is 332 g/mol. The molecule has 1 aromatic carbocycles. The molecule has 0 fully saturated rings. The molecule has 0 bridgehead atoms. The van der Waals surface area contributed by atoms with Gasteiger partial charge in [-0.2, -0.15) is 15.4 Å². The van der Waals surface area contributed by atoms with Gasteiger partial charge in [0.15, 0.2) is 5.82 Å². The highest BCUT2D eigenvalue weighted by Gasteiger charge is 2.30. The van der Waals surface area contributed by atoms with Crippen LogP contribution in [0.5, 0.6) is 0 Å². The molecule has 1 aliphatic heterocycles. The first-order valence-corrected chi connectivity index (χ1v) is 7.17. The number of imidazole rings is 1. The number of amides is 1. The maximum atomic E-state index is 13.6. The van der Waals surface area contributed by atoms with E-state index < -0.39 is 11.9 Å². The van der Waals surface area contributed by atoms with Crippen LogP contribution in [0.1, 0.15) is 17.3 Å². The third kappa shape index (κ3) is 2.27. The lowest BCUT2D eigenvalue weighted by Gasteiger charge is -2.27. The van der Waals surface area contributed by atoms with Crippen molar-refractivity contribution in [1.82, 2.24) is 30.3 Å². The summed E-state index contributed by atoms with van der Waals surface area (Å²) in [5, 5.41) is 13.4. The number of nitrogens with zero attached hydrogens (tertiary/aromatic N) is 4. The van der Waals surface area contributed by atoms with Gasteiger partial charge in [-0.1, -0.05) is 11.6 Å². The van der Waals surface area contributed by atoms with E-state index in [-0.39, 0.29) is 12.5 Å². The fraction of sp³-hybridized carbons (Fsp3) is 0.143. The summed E-state index contributed by atoms with van der Waals surface area (Å²) >= 11 is 6.18.